The van der Waals surface area contributed by atoms with Gasteiger partial charge in [0.1, 0.15) is 0 Å². The fourth-order valence-electron chi connectivity index (χ4n) is 2.05. The van der Waals surface area contributed by atoms with Crippen LogP contribution in [-0.2, 0) is 9.59 Å². The predicted octanol–water partition coefficient (Wildman–Crippen LogP) is -1.01. The molecule has 4 N–H and O–H groups in total. The largest absolute Gasteiger partial charge is 0.368 e. The second-order valence-corrected chi connectivity index (χ2v) is 5.37. The van der Waals surface area contributed by atoms with Crippen molar-refractivity contribution in [2.45, 2.75) is 26.3 Å². The molecule has 0 radical (unpaired) electrons. The molecule has 18 heavy (non-hydrogen) atoms. The van der Waals surface area contributed by atoms with Crippen LogP contribution in [-0.4, -0.2) is 59.9 Å². The van der Waals surface area contributed by atoms with Gasteiger partial charge in [0.2, 0.25) is 11.8 Å². The first kappa shape index (κ1) is 14.9. The maximum absolute atomic E-state index is 12.0. The van der Waals surface area contributed by atoms with Gasteiger partial charge in [-0.15, -0.1) is 0 Å². The first-order valence-corrected chi connectivity index (χ1v) is 6.34. The van der Waals surface area contributed by atoms with Crippen molar-refractivity contribution >= 4 is 11.8 Å². The molecule has 104 valence electrons. The number of primary amides is 1. The van der Waals surface area contributed by atoms with Gasteiger partial charge in [0.15, 0.2) is 0 Å². The molecule has 2 amide bonds. The van der Waals surface area contributed by atoms with E-state index in [1.165, 1.54) is 0 Å². The number of hydrogen-bond acceptors (Lipinski definition) is 4. The lowest BCUT2D eigenvalue weighted by Gasteiger charge is -2.42. The zero-order valence-corrected chi connectivity index (χ0v) is 11.5. The second kappa shape index (κ2) is 5.67. The summed E-state index contributed by atoms with van der Waals surface area (Å²) in [5.74, 6) is -0.382. The number of piperazine rings is 1. The molecule has 0 aromatic carbocycles. The Labute approximate surface area is 108 Å². The van der Waals surface area contributed by atoms with E-state index >= 15 is 0 Å². The maximum Gasteiger partial charge on any atom is 0.237 e. The van der Waals surface area contributed by atoms with Gasteiger partial charge < -0.3 is 16.4 Å². The van der Waals surface area contributed by atoms with Crippen molar-refractivity contribution in [1.29, 1.82) is 0 Å². The molecule has 0 aromatic heterocycles. The summed E-state index contributed by atoms with van der Waals surface area (Å²) in [7, 11) is 0. The Morgan fingerprint density at radius 3 is 2.11 bits per heavy atom. The predicted molar refractivity (Wildman–Crippen MR) is 69.6 cm³/mol. The highest BCUT2D eigenvalue weighted by molar-refractivity contribution is 5.83. The summed E-state index contributed by atoms with van der Waals surface area (Å²) in [5.41, 5.74) is 10.2. The normalized spacial score (nSPS) is 19.7. The van der Waals surface area contributed by atoms with Gasteiger partial charge >= 0.3 is 0 Å². The highest BCUT2D eigenvalue weighted by Crippen LogP contribution is 2.17. The van der Waals surface area contributed by atoms with Crippen molar-refractivity contribution < 1.29 is 9.59 Å². The Morgan fingerprint density at radius 2 is 1.72 bits per heavy atom. The lowest BCUT2D eigenvalue weighted by atomic mass is 10.0. The van der Waals surface area contributed by atoms with Crippen molar-refractivity contribution in [1.82, 2.24) is 9.80 Å². The molecule has 6 nitrogen and oxygen atoms in total. The Bertz CT molecular complexity index is 322. The van der Waals surface area contributed by atoms with Gasteiger partial charge in [0.05, 0.1) is 5.54 Å². The Hall–Kier alpha value is -1.14. The van der Waals surface area contributed by atoms with Crippen molar-refractivity contribution in [3.8, 4) is 0 Å². The Balaban J connectivity index is 2.56. The number of rotatable bonds is 4. The van der Waals surface area contributed by atoms with Crippen molar-refractivity contribution in [2.24, 2.45) is 17.4 Å². The van der Waals surface area contributed by atoms with Crippen LogP contribution in [0.4, 0.5) is 0 Å². The minimum atomic E-state index is -0.658. The third kappa shape index (κ3) is 3.00. The molecule has 1 unspecified atom stereocenters. The molecule has 1 fully saturated rings. The van der Waals surface area contributed by atoms with Gasteiger partial charge in [-0.05, 0) is 13.8 Å². The SMILES string of the molecule is CC(CN)C(=O)N1CCN(C(C)(C)C(N)=O)CC1. The molecular formula is C12H24N4O2. The van der Waals surface area contributed by atoms with Crippen molar-refractivity contribution in [3.05, 3.63) is 0 Å². The third-order valence-corrected chi connectivity index (χ3v) is 3.76. The lowest BCUT2D eigenvalue weighted by Crippen LogP contribution is -2.60. The van der Waals surface area contributed by atoms with Gasteiger partial charge in [-0.25, -0.2) is 0 Å². The fraction of sp³-hybridized carbons (Fsp3) is 0.833. The van der Waals surface area contributed by atoms with Gasteiger partial charge in [-0.2, -0.15) is 0 Å². The highest BCUT2D eigenvalue weighted by Gasteiger charge is 2.35. The van der Waals surface area contributed by atoms with Crippen LogP contribution >= 0.6 is 0 Å². The van der Waals surface area contributed by atoms with Crippen LogP contribution in [0.1, 0.15) is 20.8 Å². The summed E-state index contributed by atoms with van der Waals surface area (Å²) in [5, 5.41) is 0. The van der Waals surface area contributed by atoms with Gasteiger partial charge in [-0.1, -0.05) is 6.92 Å². The van der Waals surface area contributed by atoms with Crippen molar-refractivity contribution in [3.63, 3.8) is 0 Å². The molecular weight excluding hydrogens is 232 g/mol. The highest BCUT2D eigenvalue weighted by atomic mass is 16.2. The molecule has 1 aliphatic heterocycles. The molecule has 0 spiro atoms. The molecule has 1 aliphatic rings. The standard InChI is InChI=1S/C12H24N4O2/c1-9(8-13)10(17)15-4-6-16(7-5-15)12(2,3)11(14)18/h9H,4-8,13H2,1-3H3,(H2,14,18). The average Bonchev–Trinajstić information content (AvgIpc) is 2.36. The van der Waals surface area contributed by atoms with E-state index in [9.17, 15) is 9.59 Å². The minimum Gasteiger partial charge on any atom is -0.368 e. The second-order valence-electron chi connectivity index (χ2n) is 5.37. The van der Waals surface area contributed by atoms with E-state index < -0.39 is 5.54 Å². The minimum absolute atomic E-state index is 0.0917. The monoisotopic (exact) mass is 256 g/mol. The van der Waals surface area contributed by atoms with E-state index in [0.717, 1.165) is 0 Å². The van der Waals surface area contributed by atoms with Crippen LogP contribution < -0.4 is 11.5 Å². The van der Waals surface area contributed by atoms with Crippen LogP contribution in [0.3, 0.4) is 0 Å². The van der Waals surface area contributed by atoms with Crippen molar-refractivity contribution in [2.75, 3.05) is 32.7 Å². The number of nitrogens with two attached hydrogens (primary N) is 2. The first-order valence-electron chi connectivity index (χ1n) is 6.34. The summed E-state index contributed by atoms with van der Waals surface area (Å²) >= 11 is 0. The van der Waals surface area contributed by atoms with Crippen LogP contribution in [0.25, 0.3) is 0 Å². The molecule has 0 aliphatic carbocycles. The summed E-state index contributed by atoms with van der Waals surface area (Å²) in [6.45, 7) is 8.41. The van der Waals surface area contributed by atoms with Crippen LogP contribution in [0.2, 0.25) is 0 Å². The number of nitrogens with zero attached hydrogens (tertiary/aromatic N) is 2. The van der Waals surface area contributed by atoms with Crippen LogP contribution in [0.5, 0.6) is 0 Å². The zero-order chi connectivity index (χ0) is 13.9. The molecule has 1 saturated heterocycles. The van der Waals surface area contributed by atoms with E-state index in [1.54, 1.807) is 0 Å². The fourth-order valence-corrected chi connectivity index (χ4v) is 2.05. The summed E-state index contributed by atoms with van der Waals surface area (Å²) < 4.78 is 0. The lowest BCUT2D eigenvalue weighted by molar-refractivity contribution is -0.138. The molecule has 0 bridgehead atoms. The molecule has 0 saturated carbocycles. The van der Waals surface area contributed by atoms with E-state index in [0.29, 0.717) is 32.7 Å². The summed E-state index contributed by atoms with van der Waals surface area (Å²) in [4.78, 5) is 27.2. The topological polar surface area (TPSA) is 92.7 Å². The maximum atomic E-state index is 12.0. The molecule has 1 heterocycles. The van der Waals surface area contributed by atoms with E-state index in [4.69, 9.17) is 11.5 Å². The number of amides is 2. The van der Waals surface area contributed by atoms with Gasteiger partial charge in [0.25, 0.3) is 0 Å². The van der Waals surface area contributed by atoms with Crippen LogP contribution in [0, 0.1) is 5.92 Å². The Morgan fingerprint density at radius 1 is 1.22 bits per heavy atom. The molecule has 1 atom stereocenters. The zero-order valence-electron chi connectivity index (χ0n) is 11.5. The average molecular weight is 256 g/mol. The molecule has 0 aromatic rings. The smallest absolute Gasteiger partial charge is 0.237 e. The third-order valence-electron chi connectivity index (χ3n) is 3.76. The number of carbonyl (C=O) groups excluding carboxylic acids is 2. The van der Waals surface area contributed by atoms with Gasteiger partial charge in [-0.3, -0.25) is 14.5 Å². The van der Waals surface area contributed by atoms with E-state index in [1.807, 2.05) is 30.6 Å². The number of carbonyl (C=O) groups is 2. The quantitative estimate of drug-likeness (QED) is 0.674. The van der Waals surface area contributed by atoms with E-state index in [2.05, 4.69) is 0 Å². The Kier molecular flexibility index (Phi) is 4.70. The molecule has 1 rings (SSSR count). The molecule has 6 heteroatoms. The summed E-state index contributed by atoms with van der Waals surface area (Å²) in [6.07, 6.45) is 0. The number of hydrogen-bond donors (Lipinski definition) is 2. The first-order chi connectivity index (χ1) is 8.30. The van der Waals surface area contributed by atoms with Crippen LogP contribution in [0.15, 0.2) is 0 Å². The van der Waals surface area contributed by atoms with Gasteiger partial charge in [0, 0.05) is 38.6 Å². The van der Waals surface area contributed by atoms with E-state index in [-0.39, 0.29) is 17.7 Å². The summed E-state index contributed by atoms with van der Waals surface area (Å²) in [6, 6.07) is 0.